The van der Waals surface area contributed by atoms with Crippen LogP contribution in [-0.4, -0.2) is 46.3 Å². The first-order valence-corrected chi connectivity index (χ1v) is 12.5. The van der Waals surface area contributed by atoms with Crippen LogP contribution >= 0.6 is 0 Å². The minimum atomic E-state index is -0.750. The average molecular weight is 471 g/mol. The van der Waals surface area contributed by atoms with Crippen LogP contribution in [0.15, 0.2) is 48.7 Å². The van der Waals surface area contributed by atoms with E-state index in [1.165, 1.54) is 4.90 Å². The van der Waals surface area contributed by atoms with Crippen molar-refractivity contribution >= 4 is 23.7 Å². The standard InChI is InChI=1S/C28H26N2O5/c31-26(17-10-11-20-21(14-17)35-15-34-20)25-23-22(24-19-9-5-4-6-16(19)12-13-29(24)25)27(32)30(28(23)33)18-7-2-1-3-8-18/h4-6,9-14,18,22-25H,1-3,7-8,15H2/t22-,23+,24+,25-/m0/s1. The summed E-state index contributed by atoms with van der Waals surface area (Å²) in [6.45, 7) is 0.123. The third kappa shape index (κ3) is 2.93. The first-order chi connectivity index (χ1) is 17.1. The fraction of sp³-hybridized carbons (Fsp3) is 0.393. The average Bonchev–Trinajstić information content (AvgIpc) is 3.57. The molecule has 2 aromatic carbocycles. The Morgan fingerprint density at radius 1 is 0.886 bits per heavy atom. The molecule has 1 saturated carbocycles. The smallest absolute Gasteiger partial charge is 0.236 e. The number of fused-ring (bicyclic) bond motifs is 6. The van der Waals surface area contributed by atoms with E-state index < -0.39 is 17.9 Å². The molecule has 1 aliphatic carbocycles. The number of hydrogen-bond acceptors (Lipinski definition) is 6. The van der Waals surface area contributed by atoms with Gasteiger partial charge < -0.3 is 14.4 Å². The van der Waals surface area contributed by atoms with Crippen LogP contribution in [0.1, 0.15) is 59.6 Å². The van der Waals surface area contributed by atoms with Crippen molar-refractivity contribution in [2.75, 3.05) is 6.79 Å². The molecule has 178 valence electrons. The van der Waals surface area contributed by atoms with Crippen LogP contribution in [0.4, 0.5) is 0 Å². The molecule has 0 bridgehead atoms. The van der Waals surface area contributed by atoms with Gasteiger partial charge in [0.05, 0.1) is 17.9 Å². The van der Waals surface area contributed by atoms with Gasteiger partial charge in [0.15, 0.2) is 17.3 Å². The van der Waals surface area contributed by atoms with Crippen molar-refractivity contribution in [3.05, 3.63) is 65.4 Å². The fourth-order valence-electron chi connectivity index (χ4n) is 6.80. The summed E-state index contributed by atoms with van der Waals surface area (Å²) in [6, 6.07) is 12.0. The highest BCUT2D eigenvalue weighted by Gasteiger charge is 2.65. The van der Waals surface area contributed by atoms with Gasteiger partial charge in [-0.2, -0.15) is 0 Å². The highest BCUT2D eigenvalue weighted by Crippen LogP contribution is 2.54. The molecule has 2 saturated heterocycles. The Morgan fingerprint density at radius 2 is 1.66 bits per heavy atom. The molecule has 4 atom stereocenters. The number of Topliss-reactive ketones (excluding diaryl/α,β-unsaturated/α-hetero) is 1. The molecule has 7 rings (SSSR count). The summed E-state index contributed by atoms with van der Waals surface area (Å²) in [5.41, 5.74) is 2.49. The van der Waals surface area contributed by atoms with E-state index in [1.807, 2.05) is 41.4 Å². The van der Waals surface area contributed by atoms with Crippen LogP contribution in [0.25, 0.3) is 6.08 Å². The summed E-state index contributed by atoms with van der Waals surface area (Å²) >= 11 is 0. The Bertz CT molecular complexity index is 1280. The van der Waals surface area contributed by atoms with Gasteiger partial charge in [-0.3, -0.25) is 19.3 Å². The van der Waals surface area contributed by atoms with E-state index in [2.05, 4.69) is 0 Å². The summed E-state index contributed by atoms with van der Waals surface area (Å²) in [7, 11) is 0. The minimum Gasteiger partial charge on any atom is -0.454 e. The zero-order valence-electron chi connectivity index (χ0n) is 19.3. The van der Waals surface area contributed by atoms with Crippen molar-refractivity contribution in [2.24, 2.45) is 11.8 Å². The van der Waals surface area contributed by atoms with Crippen molar-refractivity contribution in [3.8, 4) is 11.5 Å². The van der Waals surface area contributed by atoms with Crippen molar-refractivity contribution in [2.45, 2.75) is 50.2 Å². The molecule has 0 aromatic heterocycles. The van der Waals surface area contributed by atoms with E-state index in [1.54, 1.807) is 18.2 Å². The summed E-state index contributed by atoms with van der Waals surface area (Å²) < 4.78 is 10.9. The number of carbonyl (C=O) groups is 3. The predicted octanol–water partition coefficient (Wildman–Crippen LogP) is 3.94. The summed E-state index contributed by atoms with van der Waals surface area (Å²) in [4.78, 5) is 45.4. The molecular formula is C28H26N2O5. The molecule has 0 spiro atoms. The van der Waals surface area contributed by atoms with Crippen molar-refractivity contribution in [1.82, 2.24) is 9.80 Å². The normalized spacial score (nSPS) is 28.8. The van der Waals surface area contributed by atoms with E-state index in [4.69, 9.17) is 9.47 Å². The van der Waals surface area contributed by atoms with E-state index >= 15 is 0 Å². The number of benzene rings is 2. The summed E-state index contributed by atoms with van der Waals surface area (Å²) in [6.07, 6.45) is 8.76. The number of imide groups is 1. The molecule has 0 radical (unpaired) electrons. The predicted molar refractivity (Wildman–Crippen MR) is 126 cm³/mol. The largest absolute Gasteiger partial charge is 0.454 e. The van der Waals surface area contributed by atoms with Gasteiger partial charge in [0.2, 0.25) is 18.6 Å². The molecule has 0 unspecified atom stereocenters. The second-order valence-electron chi connectivity index (χ2n) is 10.1. The van der Waals surface area contributed by atoms with Crippen LogP contribution in [0.2, 0.25) is 0 Å². The Labute approximate surface area is 203 Å². The third-order valence-electron chi connectivity index (χ3n) is 8.36. The minimum absolute atomic E-state index is 0.0570. The summed E-state index contributed by atoms with van der Waals surface area (Å²) in [5.74, 6) is -0.623. The Balaban J connectivity index is 1.33. The van der Waals surface area contributed by atoms with Gasteiger partial charge in [-0.05, 0) is 48.2 Å². The van der Waals surface area contributed by atoms with Crippen molar-refractivity contribution in [3.63, 3.8) is 0 Å². The van der Waals surface area contributed by atoms with E-state index in [-0.39, 0.29) is 36.5 Å². The molecule has 2 amide bonds. The Kier molecular flexibility index (Phi) is 4.56. The van der Waals surface area contributed by atoms with Crippen LogP contribution in [0.3, 0.4) is 0 Å². The van der Waals surface area contributed by atoms with Gasteiger partial charge in [-0.1, -0.05) is 43.5 Å². The van der Waals surface area contributed by atoms with Gasteiger partial charge in [0.1, 0.15) is 6.04 Å². The van der Waals surface area contributed by atoms with E-state index in [0.717, 1.165) is 43.2 Å². The molecule has 0 N–H and O–H groups in total. The number of amides is 2. The van der Waals surface area contributed by atoms with Crippen LogP contribution in [-0.2, 0) is 9.59 Å². The van der Waals surface area contributed by atoms with Crippen molar-refractivity contribution in [1.29, 1.82) is 0 Å². The van der Waals surface area contributed by atoms with Crippen LogP contribution < -0.4 is 9.47 Å². The number of hydrogen-bond donors (Lipinski definition) is 0. The maximum Gasteiger partial charge on any atom is 0.236 e. The lowest BCUT2D eigenvalue weighted by Crippen LogP contribution is -2.47. The lowest BCUT2D eigenvalue weighted by Gasteiger charge is -2.37. The zero-order valence-corrected chi connectivity index (χ0v) is 19.3. The molecule has 5 aliphatic rings. The Morgan fingerprint density at radius 3 is 2.51 bits per heavy atom. The highest BCUT2D eigenvalue weighted by molar-refractivity contribution is 6.12. The lowest BCUT2D eigenvalue weighted by atomic mass is 9.83. The maximum absolute atomic E-state index is 14.0. The van der Waals surface area contributed by atoms with Crippen molar-refractivity contribution < 1.29 is 23.9 Å². The number of nitrogens with zero attached hydrogens (tertiary/aromatic N) is 2. The number of carbonyl (C=O) groups excluding carboxylic acids is 3. The number of likely N-dealkylation sites (tertiary alicyclic amines) is 1. The monoisotopic (exact) mass is 470 g/mol. The first-order valence-electron chi connectivity index (χ1n) is 12.5. The maximum atomic E-state index is 14.0. The van der Waals surface area contributed by atoms with E-state index in [0.29, 0.717) is 17.1 Å². The van der Waals surface area contributed by atoms with Gasteiger partial charge in [0, 0.05) is 17.8 Å². The van der Waals surface area contributed by atoms with Crippen LogP contribution in [0.5, 0.6) is 11.5 Å². The van der Waals surface area contributed by atoms with Gasteiger partial charge in [-0.25, -0.2) is 0 Å². The van der Waals surface area contributed by atoms with Gasteiger partial charge >= 0.3 is 0 Å². The SMILES string of the molecule is O=C(c1ccc2c(c1)OCO2)[C@@H]1[C@@H]2C(=O)N(C3CCCCC3)C(=O)[C@@H]2[C@H]2c3ccccc3C=CN12. The summed E-state index contributed by atoms with van der Waals surface area (Å²) in [5, 5.41) is 0. The topological polar surface area (TPSA) is 76.1 Å². The molecule has 4 aliphatic heterocycles. The third-order valence-corrected chi connectivity index (χ3v) is 8.36. The van der Waals surface area contributed by atoms with Gasteiger partial charge in [0.25, 0.3) is 0 Å². The number of rotatable bonds is 3. The second-order valence-corrected chi connectivity index (χ2v) is 10.1. The molecule has 35 heavy (non-hydrogen) atoms. The second kappa shape index (κ2) is 7.70. The number of ether oxygens (including phenoxy) is 2. The molecule has 7 nitrogen and oxygen atoms in total. The molecule has 3 fully saturated rings. The molecule has 7 heteroatoms. The van der Waals surface area contributed by atoms with Gasteiger partial charge in [-0.15, -0.1) is 0 Å². The van der Waals surface area contributed by atoms with Crippen LogP contribution in [0, 0.1) is 11.8 Å². The quantitative estimate of drug-likeness (QED) is 0.500. The zero-order chi connectivity index (χ0) is 23.7. The fourth-order valence-corrected chi connectivity index (χ4v) is 6.80. The first kappa shape index (κ1) is 20.7. The lowest BCUT2D eigenvalue weighted by molar-refractivity contribution is -0.144. The van der Waals surface area contributed by atoms with E-state index in [9.17, 15) is 14.4 Å². The Hall–Kier alpha value is -3.61. The number of ketones is 1. The highest BCUT2D eigenvalue weighted by atomic mass is 16.7. The molecule has 2 aromatic rings. The molecule has 4 heterocycles. The molecular weight excluding hydrogens is 444 g/mol.